The van der Waals surface area contributed by atoms with Crippen molar-refractivity contribution in [1.82, 2.24) is 4.98 Å². The fourth-order valence-corrected chi connectivity index (χ4v) is 4.16. The second-order valence-electron chi connectivity index (χ2n) is 9.16. The zero-order valence-corrected chi connectivity index (χ0v) is 21.1. The number of pyridine rings is 1. The molecule has 1 aliphatic carbocycles. The van der Waals surface area contributed by atoms with Gasteiger partial charge in [-0.1, -0.05) is 18.2 Å². The van der Waals surface area contributed by atoms with Gasteiger partial charge in [-0.25, -0.2) is 0 Å². The number of ether oxygens (including phenoxy) is 1. The third kappa shape index (κ3) is 6.92. The fraction of sp³-hybridized carbons (Fsp3) is 0.286. The molecule has 11 heteroatoms. The number of rotatable bonds is 9. The Balaban J connectivity index is 1.56. The summed E-state index contributed by atoms with van der Waals surface area (Å²) in [7, 11) is 0. The average molecular weight is 541 g/mol. The van der Waals surface area contributed by atoms with Gasteiger partial charge in [0.2, 0.25) is 5.91 Å². The maximum atomic E-state index is 13.6. The Kier molecular flexibility index (Phi) is 7.89. The number of alkyl halides is 3. The number of amides is 2. The molecule has 1 fully saturated rings. The highest BCUT2D eigenvalue weighted by molar-refractivity contribution is 6.12. The Morgan fingerprint density at radius 1 is 1.03 bits per heavy atom. The highest BCUT2D eigenvalue weighted by atomic mass is 19.4. The van der Waals surface area contributed by atoms with E-state index in [0.717, 1.165) is 41.4 Å². The van der Waals surface area contributed by atoms with Crippen LogP contribution >= 0.6 is 0 Å². The topological polar surface area (TPSA) is 120 Å². The Labute approximate surface area is 222 Å². The molecule has 1 heterocycles. The molecule has 204 valence electrons. The predicted molar refractivity (Wildman–Crippen MR) is 136 cm³/mol. The molecule has 1 aromatic heterocycles. The van der Waals surface area contributed by atoms with Gasteiger partial charge in [-0.2, -0.15) is 13.2 Å². The highest BCUT2D eigenvalue weighted by Gasteiger charge is 2.36. The summed E-state index contributed by atoms with van der Waals surface area (Å²) in [5.74, 6) is -1.69. The van der Waals surface area contributed by atoms with E-state index in [-0.39, 0.29) is 12.2 Å². The van der Waals surface area contributed by atoms with Crippen LogP contribution in [0.15, 0.2) is 48.5 Å². The number of carbonyl (C=O) groups is 3. The van der Waals surface area contributed by atoms with E-state index < -0.39 is 53.1 Å². The van der Waals surface area contributed by atoms with Crippen molar-refractivity contribution >= 4 is 29.2 Å². The van der Waals surface area contributed by atoms with Gasteiger partial charge in [0.15, 0.2) is 5.78 Å². The standard InChI is InChI=1S/C28H26F3N3O5/c1-3-39-25-13-23(34-27(37)38)22(12-20(25)28(29,30)31)33-26(36)14-24(35)18-6-4-5-17(10-18)19-9-15(2)32-21(11-19)16-7-8-16/h4-6,9-13,16,34H,3,7-8,14H2,1-2H3,(H,33,36)(H,37,38)/p-1. The summed E-state index contributed by atoms with van der Waals surface area (Å²) in [4.78, 5) is 41.3. The minimum Gasteiger partial charge on any atom is -0.530 e. The number of nitrogens with zero attached hydrogens (tertiary/aromatic N) is 1. The lowest BCUT2D eigenvalue weighted by Gasteiger charge is -2.19. The Bertz CT molecular complexity index is 1430. The van der Waals surface area contributed by atoms with E-state index in [2.05, 4.69) is 10.3 Å². The van der Waals surface area contributed by atoms with Crippen LogP contribution in [0.3, 0.4) is 0 Å². The Morgan fingerprint density at radius 2 is 1.74 bits per heavy atom. The molecular weight excluding hydrogens is 515 g/mol. The molecule has 1 aliphatic rings. The number of carbonyl (C=O) groups excluding carboxylic acids is 3. The van der Waals surface area contributed by atoms with E-state index in [4.69, 9.17) is 4.74 Å². The largest absolute Gasteiger partial charge is 0.530 e. The number of hydrogen-bond acceptors (Lipinski definition) is 6. The summed E-state index contributed by atoms with van der Waals surface area (Å²) in [6.07, 6.45) is -5.18. The van der Waals surface area contributed by atoms with Crippen molar-refractivity contribution in [2.24, 2.45) is 0 Å². The van der Waals surface area contributed by atoms with E-state index in [1.807, 2.05) is 30.4 Å². The number of aryl methyl sites for hydroxylation is 1. The number of hydrogen-bond donors (Lipinski definition) is 2. The van der Waals surface area contributed by atoms with Gasteiger partial charge in [0.25, 0.3) is 0 Å². The van der Waals surface area contributed by atoms with Gasteiger partial charge in [-0.15, -0.1) is 0 Å². The molecule has 0 unspecified atom stereocenters. The molecule has 2 aromatic carbocycles. The number of halogens is 3. The minimum absolute atomic E-state index is 0.117. The van der Waals surface area contributed by atoms with Crippen molar-refractivity contribution in [3.63, 3.8) is 0 Å². The van der Waals surface area contributed by atoms with Crippen LogP contribution < -0.4 is 20.5 Å². The normalized spacial score (nSPS) is 13.1. The summed E-state index contributed by atoms with van der Waals surface area (Å²) >= 11 is 0. The van der Waals surface area contributed by atoms with Crippen LogP contribution in [0.25, 0.3) is 11.1 Å². The maximum absolute atomic E-state index is 13.6. The predicted octanol–water partition coefficient (Wildman–Crippen LogP) is 5.32. The first-order valence-corrected chi connectivity index (χ1v) is 12.2. The first-order valence-electron chi connectivity index (χ1n) is 12.2. The number of benzene rings is 2. The van der Waals surface area contributed by atoms with Crippen LogP contribution in [0.2, 0.25) is 0 Å². The maximum Gasteiger partial charge on any atom is 0.420 e. The number of aromatic nitrogens is 1. The zero-order chi connectivity index (χ0) is 28.3. The monoisotopic (exact) mass is 540 g/mol. The molecule has 0 spiro atoms. The van der Waals surface area contributed by atoms with Crippen molar-refractivity contribution in [2.75, 3.05) is 17.2 Å². The van der Waals surface area contributed by atoms with Gasteiger partial charge < -0.3 is 25.3 Å². The SMILES string of the molecule is CCOc1cc(NC(=O)[O-])c(NC(=O)CC(=O)c2cccc(-c3cc(C)nc(C4CC4)c3)c2)cc1C(F)(F)F. The molecule has 39 heavy (non-hydrogen) atoms. The molecule has 0 bridgehead atoms. The Hall–Kier alpha value is -4.41. The Morgan fingerprint density at radius 3 is 2.38 bits per heavy atom. The van der Waals surface area contributed by atoms with Crippen molar-refractivity contribution in [2.45, 2.75) is 45.2 Å². The van der Waals surface area contributed by atoms with Gasteiger partial charge in [0.05, 0.1) is 30.0 Å². The summed E-state index contributed by atoms with van der Waals surface area (Å²) in [6, 6.07) is 11.9. The third-order valence-corrected chi connectivity index (χ3v) is 6.04. The van der Waals surface area contributed by atoms with E-state index in [0.29, 0.717) is 12.0 Å². The van der Waals surface area contributed by atoms with Crippen LogP contribution in [0.4, 0.5) is 29.3 Å². The zero-order valence-electron chi connectivity index (χ0n) is 21.1. The molecule has 1 saturated carbocycles. The smallest absolute Gasteiger partial charge is 0.420 e. The number of ketones is 1. The lowest BCUT2D eigenvalue weighted by atomic mass is 9.99. The minimum atomic E-state index is -4.86. The molecule has 2 amide bonds. The van der Waals surface area contributed by atoms with Crippen LogP contribution in [-0.4, -0.2) is 29.4 Å². The van der Waals surface area contributed by atoms with Crippen molar-refractivity contribution in [3.8, 4) is 16.9 Å². The quantitative estimate of drug-likeness (QED) is 0.280. The molecule has 0 aliphatic heterocycles. The summed E-state index contributed by atoms with van der Waals surface area (Å²) < 4.78 is 45.8. The van der Waals surface area contributed by atoms with Gasteiger partial charge in [-0.05, 0) is 62.1 Å². The molecule has 2 N–H and O–H groups in total. The molecule has 0 saturated heterocycles. The molecule has 0 radical (unpaired) electrons. The van der Waals surface area contributed by atoms with Gasteiger partial charge in [0.1, 0.15) is 11.8 Å². The fourth-order valence-electron chi connectivity index (χ4n) is 4.16. The second kappa shape index (κ2) is 11.1. The summed E-state index contributed by atoms with van der Waals surface area (Å²) in [6.45, 7) is 3.24. The van der Waals surface area contributed by atoms with Gasteiger partial charge >= 0.3 is 6.18 Å². The second-order valence-corrected chi connectivity index (χ2v) is 9.16. The lowest BCUT2D eigenvalue weighted by molar-refractivity contribution is -0.242. The number of nitrogens with one attached hydrogen (secondary N) is 2. The van der Waals surface area contributed by atoms with Crippen LogP contribution in [0.5, 0.6) is 5.75 Å². The van der Waals surface area contributed by atoms with Crippen molar-refractivity contribution < 1.29 is 37.4 Å². The van der Waals surface area contributed by atoms with E-state index in [1.54, 1.807) is 12.1 Å². The average Bonchev–Trinajstić information content (AvgIpc) is 3.70. The molecule has 3 aromatic rings. The lowest BCUT2D eigenvalue weighted by Crippen LogP contribution is -2.29. The summed E-state index contributed by atoms with van der Waals surface area (Å²) in [5.41, 5.74) is 1.61. The number of Topliss-reactive ketones (excluding diaryl/α,β-unsaturated/α-hetero) is 1. The molecule has 0 atom stereocenters. The summed E-state index contributed by atoms with van der Waals surface area (Å²) in [5, 5.41) is 15.1. The van der Waals surface area contributed by atoms with Gasteiger partial charge in [0, 0.05) is 28.9 Å². The van der Waals surface area contributed by atoms with Crippen LogP contribution in [0.1, 0.15) is 59.4 Å². The first kappa shape index (κ1) is 27.6. The first-order chi connectivity index (χ1) is 18.4. The van der Waals surface area contributed by atoms with E-state index in [9.17, 15) is 32.7 Å². The van der Waals surface area contributed by atoms with Gasteiger partial charge in [-0.3, -0.25) is 14.6 Å². The third-order valence-electron chi connectivity index (χ3n) is 6.04. The van der Waals surface area contributed by atoms with Crippen LogP contribution in [0, 0.1) is 6.92 Å². The van der Waals surface area contributed by atoms with Crippen molar-refractivity contribution in [1.29, 1.82) is 0 Å². The molecular formula is C28H25F3N3O5-. The molecule has 8 nitrogen and oxygen atoms in total. The molecule has 4 rings (SSSR count). The van der Waals surface area contributed by atoms with Crippen molar-refractivity contribution in [3.05, 3.63) is 71.0 Å². The van der Waals surface area contributed by atoms with E-state index >= 15 is 0 Å². The van der Waals surface area contributed by atoms with Crippen LogP contribution in [-0.2, 0) is 11.0 Å². The number of carboxylic acid groups (broad SMARTS) is 1. The van der Waals surface area contributed by atoms with E-state index in [1.165, 1.54) is 13.0 Å². The highest BCUT2D eigenvalue weighted by Crippen LogP contribution is 2.42. The number of anilines is 2.